The van der Waals surface area contributed by atoms with Crippen LogP contribution in [0.3, 0.4) is 0 Å². The van der Waals surface area contributed by atoms with E-state index >= 15 is 0 Å². The Bertz CT molecular complexity index is 561. The molecule has 0 aliphatic rings. The predicted molar refractivity (Wildman–Crippen MR) is 90.9 cm³/mol. The zero-order chi connectivity index (χ0) is 15.2. The van der Waals surface area contributed by atoms with Crippen molar-refractivity contribution in [2.75, 3.05) is 10.6 Å². The maximum absolute atomic E-state index is 11.7. The second kappa shape index (κ2) is 7.27. The summed E-state index contributed by atoms with van der Waals surface area (Å²) in [6.07, 6.45) is 1.03. The number of thiophene rings is 1. The van der Waals surface area contributed by atoms with Crippen LogP contribution in [0.15, 0.2) is 41.8 Å². The fourth-order valence-corrected chi connectivity index (χ4v) is 2.86. The summed E-state index contributed by atoms with van der Waals surface area (Å²) in [4.78, 5) is 13.0. The molecule has 0 spiro atoms. The van der Waals surface area contributed by atoms with Gasteiger partial charge >= 0.3 is 0 Å². The molecule has 2 N–H and O–H groups in total. The molecule has 0 radical (unpaired) electrons. The van der Waals surface area contributed by atoms with Crippen molar-refractivity contribution in [2.24, 2.45) is 5.92 Å². The van der Waals surface area contributed by atoms with E-state index in [2.05, 4.69) is 35.1 Å². The highest BCUT2D eigenvalue weighted by Crippen LogP contribution is 2.26. The van der Waals surface area contributed by atoms with Gasteiger partial charge in [0.15, 0.2) is 0 Å². The average molecular weight is 302 g/mol. The fraction of sp³-hybridized carbons (Fsp3) is 0.353. The molecule has 2 rings (SSSR count). The molecule has 2 aromatic rings. The van der Waals surface area contributed by atoms with Gasteiger partial charge in [0.1, 0.15) is 0 Å². The molecule has 0 saturated heterocycles. The van der Waals surface area contributed by atoms with Crippen LogP contribution in [-0.4, -0.2) is 5.91 Å². The van der Waals surface area contributed by atoms with E-state index in [1.165, 1.54) is 4.88 Å². The number of benzene rings is 1. The van der Waals surface area contributed by atoms with Crippen LogP contribution in [0.1, 0.15) is 38.1 Å². The van der Waals surface area contributed by atoms with E-state index in [0.717, 1.165) is 17.8 Å². The Morgan fingerprint density at radius 1 is 1.14 bits per heavy atom. The molecule has 1 amide bonds. The lowest BCUT2D eigenvalue weighted by molar-refractivity contribution is -0.118. The number of carbonyl (C=O) groups excluding carboxylic acids is 1. The summed E-state index contributed by atoms with van der Waals surface area (Å²) >= 11 is 1.77. The molecule has 0 aliphatic carbocycles. The Morgan fingerprint density at radius 2 is 1.81 bits per heavy atom. The molecule has 1 unspecified atom stereocenters. The largest absolute Gasteiger partial charge is 0.377 e. The van der Waals surface area contributed by atoms with Gasteiger partial charge in [-0.1, -0.05) is 26.8 Å². The Balaban J connectivity index is 2.00. The minimum absolute atomic E-state index is 0.00824. The van der Waals surface area contributed by atoms with E-state index in [4.69, 9.17) is 0 Å². The summed E-state index contributed by atoms with van der Waals surface area (Å²) in [6, 6.07) is 12.4. The van der Waals surface area contributed by atoms with Gasteiger partial charge in [0.05, 0.1) is 6.04 Å². The maximum Gasteiger partial charge on any atom is 0.226 e. The van der Waals surface area contributed by atoms with Gasteiger partial charge in [-0.3, -0.25) is 4.79 Å². The molecule has 0 fully saturated rings. The highest BCUT2D eigenvalue weighted by atomic mass is 32.1. The minimum Gasteiger partial charge on any atom is -0.377 e. The highest BCUT2D eigenvalue weighted by Gasteiger charge is 2.10. The van der Waals surface area contributed by atoms with Gasteiger partial charge in [-0.25, -0.2) is 0 Å². The van der Waals surface area contributed by atoms with Crippen molar-refractivity contribution in [3.63, 3.8) is 0 Å². The van der Waals surface area contributed by atoms with Gasteiger partial charge in [0, 0.05) is 22.2 Å². The second-order valence-electron chi connectivity index (χ2n) is 5.34. The van der Waals surface area contributed by atoms with Crippen LogP contribution in [0.2, 0.25) is 0 Å². The molecule has 112 valence electrons. The van der Waals surface area contributed by atoms with Crippen molar-refractivity contribution in [2.45, 2.75) is 33.2 Å². The van der Waals surface area contributed by atoms with E-state index in [-0.39, 0.29) is 11.8 Å². The smallest absolute Gasteiger partial charge is 0.226 e. The fourth-order valence-electron chi connectivity index (χ4n) is 2.00. The van der Waals surface area contributed by atoms with Crippen molar-refractivity contribution in [3.05, 3.63) is 46.7 Å². The highest BCUT2D eigenvalue weighted by molar-refractivity contribution is 7.10. The van der Waals surface area contributed by atoms with Gasteiger partial charge in [-0.15, -0.1) is 11.3 Å². The van der Waals surface area contributed by atoms with Gasteiger partial charge in [0.25, 0.3) is 0 Å². The lowest BCUT2D eigenvalue weighted by atomic mass is 10.1. The molecule has 1 atom stereocenters. The van der Waals surface area contributed by atoms with Crippen molar-refractivity contribution in [3.8, 4) is 0 Å². The third kappa shape index (κ3) is 4.33. The first-order valence-electron chi connectivity index (χ1n) is 7.31. The Morgan fingerprint density at radius 3 is 2.33 bits per heavy atom. The molecule has 3 nitrogen and oxygen atoms in total. The molecular weight excluding hydrogens is 280 g/mol. The lowest BCUT2D eigenvalue weighted by Crippen LogP contribution is -2.17. The van der Waals surface area contributed by atoms with E-state index in [0.29, 0.717) is 6.04 Å². The van der Waals surface area contributed by atoms with Crippen molar-refractivity contribution in [1.82, 2.24) is 0 Å². The first kappa shape index (κ1) is 15.6. The molecule has 1 aromatic heterocycles. The maximum atomic E-state index is 11.7. The van der Waals surface area contributed by atoms with Crippen LogP contribution < -0.4 is 10.6 Å². The summed E-state index contributed by atoms with van der Waals surface area (Å²) in [5.74, 6) is 0.0341. The quantitative estimate of drug-likeness (QED) is 0.796. The molecule has 0 aliphatic heterocycles. The van der Waals surface area contributed by atoms with Gasteiger partial charge < -0.3 is 10.6 Å². The summed E-state index contributed by atoms with van der Waals surface area (Å²) in [7, 11) is 0. The van der Waals surface area contributed by atoms with E-state index in [9.17, 15) is 4.79 Å². The second-order valence-corrected chi connectivity index (χ2v) is 6.32. The van der Waals surface area contributed by atoms with Gasteiger partial charge in [-0.2, -0.15) is 0 Å². The number of nitrogens with one attached hydrogen (secondary N) is 2. The molecule has 1 aromatic carbocycles. The van der Waals surface area contributed by atoms with Crippen molar-refractivity contribution in [1.29, 1.82) is 0 Å². The van der Waals surface area contributed by atoms with Gasteiger partial charge in [0.2, 0.25) is 5.91 Å². The third-order valence-corrected chi connectivity index (χ3v) is 4.30. The number of hydrogen-bond donors (Lipinski definition) is 2. The van der Waals surface area contributed by atoms with E-state index < -0.39 is 0 Å². The van der Waals surface area contributed by atoms with Crippen LogP contribution in [0, 0.1) is 5.92 Å². The van der Waals surface area contributed by atoms with Crippen LogP contribution >= 0.6 is 11.3 Å². The van der Waals surface area contributed by atoms with Crippen LogP contribution in [0.25, 0.3) is 0 Å². The van der Waals surface area contributed by atoms with E-state index in [1.54, 1.807) is 11.3 Å². The first-order chi connectivity index (χ1) is 10.1. The third-order valence-electron chi connectivity index (χ3n) is 3.31. The number of amides is 1. The van der Waals surface area contributed by atoms with Crippen molar-refractivity contribution >= 4 is 28.6 Å². The average Bonchev–Trinajstić information content (AvgIpc) is 3.00. The topological polar surface area (TPSA) is 41.1 Å². The molecule has 21 heavy (non-hydrogen) atoms. The van der Waals surface area contributed by atoms with Crippen LogP contribution in [0.4, 0.5) is 11.4 Å². The summed E-state index contributed by atoms with van der Waals surface area (Å²) in [5.41, 5.74) is 1.90. The Kier molecular flexibility index (Phi) is 5.39. The summed E-state index contributed by atoms with van der Waals surface area (Å²) in [5, 5.41) is 8.53. The van der Waals surface area contributed by atoms with E-state index in [1.807, 2.05) is 38.1 Å². The SMILES string of the molecule is CCC(Nc1ccc(NC(=O)C(C)C)cc1)c1cccs1. The number of rotatable bonds is 6. The number of hydrogen-bond acceptors (Lipinski definition) is 3. The van der Waals surface area contributed by atoms with Crippen LogP contribution in [0.5, 0.6) is 0 Å². The minimum atomic E-state index is -0.00824. The summed E-state index contributed by atoms with van der Waals surface area (Å²) < 4.78 is 0. The predicted octanol–water partition coefficient (Wildman–Crippen LogP) is 4.91. The van der Waals surface area contributed by atoms with Crippen LogP contribution in [-0.2, 0) is 4.79 Å². The zero-order valence-electron chi connectivity index (χ0n) is 12.7. The molecule has 4 heteroatoms. The Hall–Kier alpha value is -1.81. The normalized spacial score (nSPS) is 12.2. The van der Waals surface area contributed by atoms with Gasteiger partial charge in [-0.05, 0) is 42.1 Å². The number of carbonyl (C=O) groups is 1. The first-order valence-corrected chi connectivity index (χ1v) is 8.19. The lowest BCUT2D eigenvalue weighted by Gasteiger charge is -2.17. The Labute approximate surface area is 130 Å². The molecule has 0 saturated carbocycles. The monoisotopic (exact) mass is 302 g/mol. The summed E-state index contributed by atoms with van der Waals surface area (Å²) in [6.45, 7) is 5.95. The number of anilines is 2. The standard InChI is InChI=1S/C17H22N2OS/c1-4-15(16-6-5-11-21-16)18-13-7-9-14(10-8-13)19-17(20)12(2)3/h5-12,15,18H,4H2,1-3H3,(H,19,20). The van der Waals surface area contributed by atoms with Crippen molar-refractivity contribution < 1.29 is 4.79 Å². The zero-order valence-corrected chi connectivity index (χ0v) is 13.5. The molecular formula is C17H22N2OS. The molecule has 1 heterocycles. The molecule has 0 bridgehead atoms.